The smallest absolute Gasteiger partial charge is 0.418 e. The van der Waals surface area contributed by atoms with Crippen LogP contribution < -0.4 is 20.1 Å². The zero-order valence-electron chi connectivity index (χ0n) is 13.7. The van der Waals surface area contributed by atoms with E-state index in [2.05, 4.69) is 10.6 Å². The van der Waals surface area contributed by atoms with E-state index in [0.29, 0.717) is 11.5 Å². The molecule has 9 heteroatoms. The molecule has 2 amide bonds. The molecule has 0 atom stereocenters. The molecule has 0 saturated carbocycles. The second-order valence-electron chi connectivity index (χ2n) is 5.10. The molecule has 0 unspecified atom stereocenters. The van der Waals surface area contributed by atoms with Crippen LogP contribution in [0, 0.1) is 0 Å². The summed E-state index contributed by atoms with van der Waals surface area (Å²) in [7, 11) is 1.52. The van der Waals surface area contributed by atoms with Gasteiger partial charge in [0, 0.05) is 11.1 Å². The largest absolute Gasteiger partial charge is 0.497 e. The Balaban J connectivity index is 1.86. The van der Waals surface area contributed by atoms with Crippen LogP contribution in [0.3, 0.4) is 0 Å². The Kier molecular flexibility index (Phi) is 6.57. The van der Waals surface area contributed by atoms with E-state index in [-0.39, 0.29) is 23.9 Å². The lowest BCUT2D eigenvalue weighted by atomic mass is 10.1. The fourth-order valence-corrected chi connectivity index (χ4v) is 2.22. The molecule has 0 heterocycles. The van der Waals surface area contributed by atoms with E-state index < -0.39 is 17.8 Å². The molecule has 2 aromatic carbocycles. The first-order valence-electron chi connectivity index (χ1n) is 7.48. The highest BCUT2D eigenvalue weighted by molar-refractivity contribution is 6.30. The molecule has 0 aliphatic carbocycles. The molecule has 2 N–H and O–H groups in total. The summed E-state index contributed by atoms with van der Waals surface area (Å²) in [4.78, 5) is 11.8. The van der Waals surface area contributed by atoms with Crippen molar-refractivity contribution in [3.63, 3.8) is 0 Å². The first-order valence-corrected chi connectivity index (χ1v) is 7.86. The van der Waals surface area contributed by atoms with Crippen molar-refractivity contribution in [2.75, 3.05) is 25.6 Å². The maximum Gasteiger partial charge on any atom is 0.418 e. The van der Waals surface area contributed by atoms with Crippen LogP contribution in [-0.2, 0) is 6.18 Å². The summed E-state index contributed by atoms with van der Waals surface area (Å²) in [5.74, 6) is 1.17. The summed E-state index contributed by atoms with van der Waals surface area (Å²) < 4.78 is 49.4. The minimum Gasteiger partial charge on any atom is -0.497 e. The van der Waals surface area contributed by atoms with Gasteiger partial charge in [-0.15, -0.1) is 0 Å². The third-order valence-electron chi connectivity index (χ3n) is 3.23. The average molecular weight is 389 g/mol. The fraction of sp³-hybridized carbons (Fsp3) is 0.235. The highest BCUT2D eigenvalue weighted by atomic mass is 35.5. The van der Waals surface area contributed by atoms with Crippen LogP contribution in [0.4, 0.5) is 23.7 Å². The quantitative estimate of drug-likeness (QED) is 0.713. The molecule has 0 aliphatic rings. The molecular formula is C17H16ClF3N2O3. The molecule has 0 radical (unpaired) electrons. The normalized spacial score (nSPS) is 11.0. The van der Waals surface area contributed by atoms with E-state index >= 15 is 0 Å². The predicted octanol–water partition coefficient (Wildman–Crippen LogP) is 4.57. The zero-order chi connectivity index (χ0) is 19.2. The molecule has 0 bridgehead atoms. The van der Waals surface area contributed by atoms with Crippen LogP contribution in [0.1, 0.15) is 5.56 Å². The third-order valence-corrected chi connectivity index (χ3v) is 3.47. The molecule has 2 aromatic rings. The Morgan fingerprint density at radius 2 is 1.88 bits per heavy atom. The summed E-state index contributed by atoms with van der Waals surface area (Å²) in [6.07, 6.45) is -4.64. The van der Waals surface area contributed by atoms with Crippen LogP contribution in [0.2, 0.25) is 5.02 Å². The average Bonchev–Trinajstić information content (AvgIpc) is 2.59. The minimum absolute atomic E-state index is 0.0741. The number of ether oxygens (including phenoxy) is 2. The summed E-state index contributed by atoms with van der Waals surface area (Å²) in [6, 6.07) is 9.21. The van der Waals surface area contributed by atoms with Gasteiger partial charge in [-0.1, -0.05) is 17.7 Å². The van der Waals surface area contributed by atoms with Crippen molar-refractivity contribution in [1.82, 2.24) is 5.32 Å². The summed E-state index contributed by atoms with van der Waals surface area (Å²) >= 11 is 5.59. The van der Waals surface area contributed by atoms with E-state index in [0.717, 1.165) is 12.1 Å². The van der Waals surface area contributed by atoms with Crippen LogP contribution in [0.25, 0.3) is 0 Å². The van der Waals surface area contributed by atoms with Gasteiger partial charge in [0.15, 0.2) is 0 Å². The molecule has 5 nitrogen and oxygen atoms in total. The second-order valence-corrected chi connectivity index (χ2v) is 5.53. The Bertz CT molecular complexity index is 769. The number of carbonyl (C=O) groups excluding carboxylic acids is 1. The predicted molar refractivity (Wildman–Crippen MR) is 92.0 cm³/mol. The minimum atomic E-state index is -4.64. The molecule has 0 fully saturated rings. The standard InChI is InChI=1S/C17H16ClF3N2O3/c1-25-12-3-2-4-13(10-12)26-8-7-22-16(24)23-15-6-5-11(18)9-14(15)17(19,20)21/h2-6,9-10H,7-8H2,1H3,(H2,22,23,24). The first kappa shape index (κ1) is 19.7. The maximum absolute atomic E-state index is 13.0. The molecular weight excluding hydrogens is 373 g/mol. The third kappa shape index (κ3) is 5.73. The Morgan fingerprint density at radius 1 is 1.15 bits per heavy atom. The molecule has 0 aromatic heterocycles. The number of amides is 2. The summed E-state index contributed by atoms with van der Waals surface area (Å²) in [5.41, 5.74) is -1.40. The van der Waals surface area contributed by atoms with Gasteiger partial charge < -0.3 is 20.1 Å². The topological polar surface area (TPSA) is 59.6 Å². The van der Waals surface area contributed by atoms with Gasteiger partial charge in [0.25, 0.3) is 0 Å². The van der Waals surface area contributed by atoms with Crippen molar-refractivity contribution in [3.05, 3.63) is 53.1 Å². The number of methoxy groups -OCH3 is 1. The molecule has 2 rings (SSSR count). The number of benzene rings is 2. The lowest BCUT2D eigenvalue weighted by Gasteiger charge is -2.15. The second kappa shape index (κ2) is 8.66. The molecule has 0 spiro atoms. The molecule has 26 heavy (non-hydrogen) atoms. The van der Waals surface area contributed by atoms with Gasteiger partial charge in [0.2, 0.25) is 0 Å². The Morgan fingerprint density at radius 3 is 2.58 bits per heavy atom. The maximum atomic E-state index is 13.0. The van der Waals surface area contributed by atoms with Crippen molar-refractivity contribution >= 4 is 23.3 Å². The van der Waals surface area contributed by atoms with Gasteiger partial charge in [0.1, 0.15) is 18.1 Å². The van der Waals surface area contributed by atoms with Crippen molar-refractivity contribution < 1.29 is 27.4 Å². The van der Waals surface area contributed by atoms with E-state index in [4.69, 9.17) is 21.1 Å². The SMILES string of the molecule is COc1cccc(OCCNC(=O)Nc2ccc(Cl)cc2C(F)(F)F)c1. The lowest BCUT2D eigenvalue weighted by molar-refractivity contribution is -0.136. The van der Waals surface area contributed by atoms with Crippen LogP contribution in [0.5, 0.6) is 11.5 Å². The molecule has 0 aliphatic heterocycles. The number of alkyl halides is 3. The van der Waals surface area contributed by atoms with Crippen LogP contribution >= 0.6 is 11.6 Å². The molecule has 0 saturated heterocycles. The van der Waals surface area contributed by atoms with Crippen LogP contribution in [0.15, 0.2) is 42.5 Å². The van der Waals surface area contributed by atoms with Crippen molar-refractivity contribution in [2.24, 2.45) is 0 Å². The zero-order valence-corrected chi connectivity index (χ0v) is 14.4. The fourth-order valence-electron chi connectivity index (χ4n) is 2.05. The van der Waals surface area contributed by atoms with E-state index in [1.165, 1.54) is 13.2 Å². The van der Waals surface area contributed by atoms with Gasteiger partial charge >= 0.3 is 12.2 Å². The number of halogens is 4. The number of nitrogens with one attached hydrogen (secondary N) is 2. The van der Waals surface area contributed by atoms with Crippen LogP contribution in [-0.4, -0.2) is 26.3 Å². The Labute approximate surface area is 153 Å². The number of rotatable bonds is 6. The van der Waals surface area contributed by atoms with Gasteiger partial charge in [-0.05, 0) is 30.3 Å². The number of urea groups is 1. The van der Waals surface area contributed by atoms with Crippen molar-refractivity contribution in [3.8, 4) is 11.5 Å². The van der Waals surface area contributed by atoms with E-state index in [1.54, 1.807) is 24.3 Å². The number of anilines is 1. The lowest BCUT2D eigenvalue weighted by Crippen LogP contribution is -2.32. The molecule has 140 valence electrons. The summed E-state index contributed by atoms with van der Waals surface area (Å²) in [5, 5.41) is 4.50. The van der Waals surface area contributed by atoms with E-state index in [9.17, 15) is 18.0 Å². The highest BCUT2D eigenvalue weighted by Crippen LogP contribution is 2.36. The number of hydrogen-bond donors (Lipinski definition) is 2. The van der Waals surface area contributed by atoms with Crippen molar-refractivity contribution in [1.29, 1.82) is 0 Å². The van der Waals surface area contributed by atoms with Gasteiger partial charge in [-0.3, -0.25) is 0 Å². The van der Waals surface area contributed by atoms with Crippen molar-refractivity contribution in [2.45, 2.75) is 6.18 Å². The highest BCUT2D eigenvalue weighted by Gasteiger charge is 2.34. The number of carbonyl (C=O) groups is 1. The first-order chi connectivity index (χ1) is 12.3. The van der Waals surface area contributed by atoms with Gasteiger partial charge in [-0.2, -0.15) is 13.2 Å². The van der Waals surface area contributed by atoms with Gasteiger partial charge in [0.05, 0.1) is 24.9 Å². The Hall–Kier alpha value is -2.61. The van der Waals surface area contributed by atoms with E-state index in [1.807, 2.05) is 0 Å². The van der Waals surface area contributed by atoms with Gasteiger partial charge in [-0.25, -0.2) is 4.79 Å². The number of hydrogen-bond acceptors (Lipinski definition) is 3. The summed E-state index contributed by atoms with van der Waals surface area (Å²) in [6.45, 7) is 0.227. The monoisotopic (exact) mass is 388 g/mol.